The molecular formula is C7H10F7O2P. The van der Waals surface area contributed by atoms with Gasteiger partial charge in [-0.2, -0.15) is 30.7 Å². The number of rotatable bonds is 5. The average Bonchev–Trinajstić information content (AvgIpc) is 2.15. The molecule has 1 atom stereocenters. The molecule has 0 radical (unpaired) electrons. The fourth-order valence-corrected chi connectivity index (χ4v) is 2.68. The van der Waals surface area contributed by atoms with Crippen molar-refractivity contribution in [2.45, 2.75) is 31.6 Å². The molecule has 0 aromatic rings. The van der Waals surface area contributed by atoms with E-state index in [1.54, 1.807) is 0 Å². The highest BCUT2D eigenvalue weighted by molar-refractivity contribution is 7.60. The summed E-state index contributed by atoms with van der Waals surface area (Å²) in [6.07, 6.45) is -7.63. The smallest absolute Gasteiger partial charge is 0.325 e. The number of hydrogen-bond acceptors (Lipinski definition) is 2. The van der Waals surface area contributed by atoms with E-state index in [1.165, 1.54) is 0 Å². The van der Waals surface area contributed by atoms with E-state index in [0.29, 0.717) is 0 Å². The SMILES string of the molecule is CCOP(=O)(CC)C(F)(F)C(F)(F)C(F)(F)F. The molecule has 10 heteroatoms. The molecule has 0 heterocycles. The summed E-state index contributed by atoms with van der Waals surface area (Å²) in [4.78, 5) is 0. The largest absolute Gasteiger partial charge is 0.460 e. The van der Waals surface area contributed by atoms with Crippen LogP contribution in [0.3, 0.4) is 0 Å². The topological polar surface area (TPSA) is 26.3 Å². The molecule has 0 aliphatic carbocycles. The second kappa shape index (κ2) is 4.76. The normalized spacial score (nSPS) is 17.9. The predicted octanol–water partition coefficient (Wildman–Crippen LogP) is 4.11. The third-order valence-corrected chi connectivity index (χ3v) is 4.56. The third-order valence-electron chi connectivity index (χ3n) is 1.92. The van der Waals surface area contributed by atoms with E-state index in [4.69, 9.17) is 0 Å². The van der Waals surface area contributed by atoms with E-state index in [1.807, 2.05) is 0 Å². The lowest BCUT2D eigenvalue weighted by molar-refractivity contribution is -0.334. The van der Waals surface area contributed by atoms with E-state index in [9.17, 15) is 35.3 Å². The van der Waals surface area contributed by atoms with Gasteiger partial charge in [0.15, 0.2) is 0 Å². The van der Waals surface area contributed by atoms with Gasteiger partial charge in [-0.05, 0) is 6.92 Å². The standard InChI is InChI=1S/C7H10F7O2P/c1-3-16-17(15,4-2)7(13,14)5(8,9)6(10,11)12/h3-4H2,1-2H3. The van der Waals surface area contributed by atoms with Gasteiger partial charge in [0.1, 0.15) is 0 Å². The Bertz CT molecular complexity index is 312. The monoisotopic (exact) mass is 290 g/mol. The Kier molecular flexibility index (Phi) is 4.67. The van der Waals surface area contributed by atoms with Gasteiger partial charge in [-0.25, -0.2) is 0 Å². The summed E-state index contributed by atoms with van der Waals surface area (Å²) in [5.41, 5.74) is -5.79. The molecule has 0 aliphatic rings. The van der Waals surface area contributed by atoms with E-state index < -0.39 is 37.9 Å². The first-order valence-electron chi connectivity index (χ1n) is 4.43. The molecule has 0 aliphatic heterocycles. The first kappa shape index (κ1) is 16.7. The lowest BCUT2D eigenvalue weighted by Crippen LogP contribution is -2.52. The average molecular weight is 290 g/mol. The van der Waals surface area contributed by atoms with Crippen molar-refractivity contribution in [3.63, 3.8) is 0 Å². The zero-order valence-electron chi connectivity index (χ0n) is 8.82. The van der Waals surface area contributed by atoms with Crippen LogP contribution in [0.5, 0.6) is 0 Å². The van der Waals surface area contributed by atoms with Crippen molar-refractivity contribution >= 4 is 7.37 Å². The Hall–Kier alpha value is -0.300. The summed E-state index contributed by atoms with van der Waals surface area (Å²) in [5.74, 6) is -6.40. The fourth-order valence-electron chi connectivity index (χ4n) is 0.964. The molecule has 104 valence electrons. The Morgan fingerprint density at radius 2 is 1.41 bits per heavy atom. The van der Waals surface area contributed by atoms with Crippen LogP contribution >= 0.6 is 7.37 Å². The van der Waals surface area contributed by atoms with Gasteiger partial charge in [0.05, 0.1) is 6.61 Å². The minimum absolute atomic E-state index is 0.658. The third kappa shape index (κ3) is 2.59. The Labute approximate surface area is 92.6 Å². The lowest BCUT2D eigenvalue weighted by Gasteiger charge is -2.32. The second-order valence-electron chi connectivity index (χ2n) is 3.02. The summed E-state index contributed by atoms with van der Waals surface area (Å²) in [5, 5.41) is 0. The van der Waals surface area contributed by atoms with Crippen LogP contribution in [0.1, 0.15) is 13.8 Å². The number of halogens is 7. The first-order chi connectivity index (χ1) is 7.37. The molecule has 1 unspecified atom stereocenters. The Morgan fingerprint density at radius 3 is 1.65 bits per heavy atom. The summed E-state index contributed by atoms with van der Waals surface area (Å²) in [6, 6.07) is 0. The molecule has 0 saturated carbocycles. The molecule has 0 fully saturated rings. The Balaban J connectivity index is 5.60. The van der Waals surface area contributed by atoms with Crippen molar-refractivity contribution in [1.29, 1.82) is 0 Å². The van der Waals surface area contributed by atoms with Gasteiger partial charge in [0.2, 0.25) is 0 Å². The van der Waals surface area contributed by atoms with E-state index in [2.05, 4.69) is 4.52 Å². The van der Waals surface area contributed by atoms with Gasteiger partial charge in [0.25, 0.3) is 7.37 Å². The van der Waals surface area contributed by atoms with Gasteiger partial charge in [-0.15, -0.1) is 0 Å². The molecule has 0 aromatic carbocycles. The maximum absolute atomic E-state index is 13.1. The van der Waals surface area contributed by atoms with Crippen LogP contribution in [0, 0.1) is 0 Å². The number of alkyl halides is 7. The second-order valence-corrected chi connectivity index (χ2v) is 5.82. The highest BCUT2D eigenvalue weighted by atomic mass is 31.2. The minimum Gasteiger partial charge on any atom is -0.325 e. The summed E-state index contributed by atoms with van der Waals surface area (Å²) >= 11 is 0. The fraction of sp³-hybridized carbons (Fsp3) is 1.00. The van der Waals surface area contributed by atoms with Crippen molar-refractivity contribution in [3.8, 4) is 0 Å². The first-order valence-corrected chi connectivity index (χ1v) is 6.24. The maximum Gasteiger partial charge on any atom is 0.460 e. The van der Waals surface area contributed by atoms with Crippen molar-refractivity contribution < 1.29 is 39.8 Å². The lowest BCUT2D eigenvalue weighted by atomic mass is 10.3. The van der Waals surface area contributed by atoms with Crippen LogP contribution in [0.25, 0.3) is 0 Å². The summed E-state index contributed by atoms with van der Waals surface area (Å²) < 4.78 is 102. The Morgan fingerprint density at radius 1 is 1.00 bits per heavy atom. The van der Waals surface area contributed by atoms with Crippen molar-refractivity contribution in [2.24, 2.45) is 0 Å². The van der Waals surface area contributed by atoms with Gasteiger partial charge in [-0.3, -0.25) is 4.57 Å². The molecule has 0 bridgehead atoms. The van der Waals surface area contributed by atoms with Crippen molar-refractivity contribution in [1.82, 2.24) is 0 Å². The molecule has 0 aromatic heterocycles. The molecule has 0 spiro atoms. The van der Waals surface area contributed by atoms with Gasteiger partial charge in [0, 0.05) is 6.16 Å². The van der Waals surface area contributed by atoms with Gasteiger partial charge >= 0.3 is 17.8 Å². The highest BCUT2D eigenvalue weighted by Gasteiger charge is 2.79. The van der Waals surface area contributed by atoms with Crippen LogP contribution < -0.4 is 0 Å². The molecule has 2 nitrogen and oxygen atoms in total. The highest BCUT2D eigenvalue weighted by Crippen LogP contribution is 2.68. The van der Waals surface area contributed by atoms with E-state index in [0.717, 1.165) is 13.8 Å². The van der Waals surface area contributed by atoms with Crippen molar-refractivity contribution in [2.75, 3.05) is 12.8 Å². The van der Waals surface area contributed by atoms with E-state index >= 15 is 0 Å². The van der Waals surface area contributed by atoms with Gasteiger partial charge < -0.3 is 4.52 Å². The quantitative estimate of drug-likeness (QED) is 0.562. The number of hydrogen-bond donors (Lipinski definition) is 0. The van der Waals surface area contributed by atoms with Crippen LogP contribution in [0.2, 0.25) is 0 Å². The predicted molar refractivity (Wildman–Crippen MR) is 45.7 cm³/mol. The van der Waals surface area contributed by atoms with Crippen LogP contribution in [0.15, 0.2) is 0 Å². The van der Waals surface area contributed by atoms with Crippen LogP contribution in [-0.2, 0) is 9.09 Å². The van der Waals surface area contributed by atoms with Crippen LogP contribution in [-0.4, -0.2) is 30.5 Å². The van der Waals surface area contributed by atoms with Gasteiger partial charge in [-0.1, -0.05) is 6.92 Å². The minimum atomic E-state index is -6.50. The van der Waals surface area contributed by atoms with Crippen molar-refractivity contribution in [3.05, 3.63) is 0 Å². The summed E-state index contributed by atoms with van der Waals surface area (Å²) in [6.45, 7) is 1.19. The molecular weight excluding hydrogens is 280 g/mol. The maximum atomic E-state index is 13.1. The molecule has 0 saturated heterocycles. The zero-order valence-corrected chi connectivity index (χ0v) is 9.72. The zero-order chi connectivity index (χ0) is 14.1. The molecule has 0 rings (SSSR count). The molecule has 0 amide bonds. The molecule has 0 N–H and O–H groups in total. The summed E-state index contributed by atoms with van der Waals surface area (Å²) in [7, 11) is -5.42. The molecule has 17 heavy (non-hydrogen) atoms. The van der Waals surface area contributed by atoms with E-state index in [-0.39, 0.29) is 0 Å². The van der Waals surface area contributed by atoms with Crippen LogP contribution in [0.4, 0.5) is 30.7 Å².